The van der Waals surface area contributed by atoms with Crippen LogP contribution in [0.4, 0.5) is 0 Å². The maximum Gasteiger partial charge on any atom is 0.316 e. The summed E-state index contributed by atoms with van der Waals surface area (Å²) in [6.07, 6.45) is 0. The fraction of sp³-hybridized carbons (Fsp3) is 0.429. The fourth-order valence-electron chi connectivity index (χ4n) is 1.57. The zero-order valence-electron chi connectivity index (χ0n) is 11.4. The number of nitrogens with one attached hydrogen (secondary N) is 1. The van der Waals surface area contributed by atoms with E-state index in [9.17, 15) is 9.59 Å². The Bertz CT molecular complexity index is 462. The molecule has 1 atom stereocenters. The van der Waals surface area contributed by atoms with Gasteiger partial charge in [-0.25, -0.2) is 0 Å². The van der Waals surface area contributed by atoms with Gasteiger partial charge in [-0.2, -0.15) is 0 Å². The lowest BCUT2D eigenvalue weighted by Crippen LogP contribution is -2.29. The molecule has 2 N–H and O–H groups in total. The number of hydrogen-bond acceptors (Lipinski definition) is 3. The van der Waals surface area contributed by atoms with Crippen LogP contribution in [-0.4, -0.2) is 28.0 Å². The molecule has 1 aromatic rings. The third-order valence-electron chi connectivity index (χ3n) is 2.65. The molecule has 0 spiro atoms. The van der Waals surface area contributed by atoms with Gasteiger partial charge in [0, 0.05) is 11.6 Å². The second kappa shape index (κ2) is 8.17. The van der Waals surface area contributed by atoms with Crippen molar-refractivity contribution >= 4 is 35.2 Å². The van der Waals surface area contributed by atoms with Gasteiger partial charge in [-0.05, 0) is 23.6 Å². The predicted molar refractivity (Wildman–Crippen MR) is 82.0 cm³/mol. The van der Waals surface area contributed by atoms with Crippen LogP contribution in [0.1, 0.15) is 19.4 Å². The molecule has 0 saturated heterocycles. The lowest BCUT2D eigenvalue weighted by atomic mass is 10.1. The van der Waals surface area contributed by atoms with Crippen LogP contribution in [0.15, 0.2) is 24.3 Å². The highest BCUT2D eigenvalue weighted by Crippen LogP contribution is 2.19. The second-order valence-electron chi connectivity index (χ2n) is 4.72. The van der Waals surface area contributed by atoms with E-state index in [1.54, 1.807) is 12.1 Å². The summed E-state index contributed by atoms with van der Waals surface area (Å²) in [5.41, 5.74) is 0.950. The highest BCUT2D eigenvalue weighted by molar-refractivity contribution is 8.01. The Morgan fingerprint density at radius 3 is 2.40 bits per heavy atom. The molecule has 1 rings (SSSR count). The van der Waals surface area contributed by atoms with Crippen molar-refractivity contribution in [2.24, 2.45) is 5.92 Å². The van der Waals surface area contributed by atoms with Crippen molar-refractivity contribution in [3.8, 4) is 0 Å². The summed E-state index contributed by atoms with van der Waals surface area (Å²) in [5.74, 6) is -0.920. The molecule has 0 aliphatic heterocycles. The largest absolute Gasteiger partial charge is 0.480 e. The van der Waals surface area contributed by atoms with E-state index >= 15 is 0 Å². The Morgan fingerprint density at radius 2 is 1.90 bits per heavy atom. The van der Waals surface area contributed by atoms with Gasteiger partial charge in [0.15, 0.2) is 0 Å². The van der Waals surface area contributed by atoms with Gasteiger partial charge >= 0.3 is 5.97 Å². The van der Waals surface area contributed by atoms with E-state index in [-0.39, 0.29) is 17.6 Å². The van der Waals surface area contributed by atoms with Crippen molar-refractivity contribution < 1.29 is 14.7 Å². The van der Waals surface area contributed by atoms with Crippen LogP contribution >= 0.6 is 23.4 Å². The zero-order chi connectivity index (χ0) is 15.1. The molecule has 6 heteroatoms. The van der Waals surface area contributed by atoms with Crippen LogP contribution in [0.3, 0.4) is 0 Å². The van der Waals surface area contributed by atoms with Crippen LogP contribution in [0.2, 0.25) is 5.02 Å². The molecule has 0 radical (unpaired) electrons. The van der Waals surface area contributed by atoms with Crippen molar-refractivity contribution in [2.75, 3.05) is 5.75 Å². The quantitative estimate of drug-likeness (QED) is 0.812. The first-order valence-corrected chi connectivity index (χ1v) is 7.68. The maximum atomic E-state index is 11.7. The standard InChI is InChI=1S/C14H18ClNO3S/c1-9(2)13(14(18)19)20-8-12(17)16-7-10-3-5-11(15)6-4-10/h3-6,9,13H,7-8H2,1-2H3,(H,16,17)(H,18,19). The molecule has 1 amide bonds. The van der Waals surface area contributed by atoms with E-state index in [1.807, 2.05) is 26.0 Å². The summed E-state index contributed by atoms with van der Waals surface area (Å²) < 4.78 is 0. The lowest BCUT2D eigenvalue weighted by molar-refractivity contribution is -0.137. The maximum absolute atomic E-state index is 11.7. The number of carbonyl (C=O) groups is 2. The number of benzene rings is 1. The Hall–Kier alpha value is -1.20. The van der Waals surface area contributed by atoms with E-state index in [1.165, 1.54) is 0 Å². The number of halogens is 1. The number of carbonyl (C=O) groups excluding carboxylic acids is 1. The second-order valence-corrected chi connectivity index (χ2v) is 6.28. The topological polar surface area (TPSA) is 66.4 Å². The first-order valence-electron chi connectivity index (χ1n) is 6.25. The summed E-state index contributed by atoms with van der Waals surface area (Å²) in [4.78, 5) is 22.7. The van der Waals surface area contributed by atoms with Gasteiger partial charge in [-0.15, -0.1) is 11.8 Å². The molecule has 4 nitrogen and oxygen atoms in total. The average Bonchev–Trinajstić information content (AvgIpc) is 2.37. The van der Waals surface area contributed by atoms with Gasteiger partial charge in [0.05, 0.1) is 5.75 Å². The van der Waals surface area contributed by atoms with E-state index in [0.29, 0.717) is 11.6 Å². The number of carboxylic acid groups (broad SMARTS) is 1. The van der Waals surface area contributed by atoms with Crippen molar-refractivity contribution in [1.82, 2.24) is 5.32 Å². The fourth-order valence-corrected chi connectivity index (χ4v) is 2.65. The minimum Gasteiger partial charge on any atom is -0.480 e. The van der Waals surface area contributed by atoms with Gasteiger partial charge in [-0.3, -0.25) is 9.59 Å². The molecule has 0 heterocycles. The molecule has 0 fully saturated rings. The lowest BCUT2D eigenvalue weighted by Gasteiger charge is -2.15. The Morgan fingerprint density at radius 1 is 1.30 bits per heavy atom. The molecule has 0 bridgehead atoms. The van der Waals surface area contributed by atoms with E-state index in [4.69, 9.17) is 16.7 Å². The third-order valence-corrected chi connectivity index (χ3v) is 4.43. The normalized spacial score (nSPS) is 12.2. The van der Waals surface area contributed by atoms with Crippen molar-refractivity contribution in [1.29, 1.82) is 0 Å². The summed E-state index contributed by atoms with van der Waals surface area (Å²) in [6, 6.07) is 7.20. The third kappa shape index (κ3) is 5.84. The number of thioether (sulfide) groups is 1. The predicted octanol–water partition coefficient (Wildman–Crippen LogP) is 2.80. The summed E-state index contributed by atoms with van der Waals surface area (Å²) >= 11 is 6.92. The van der Waals surface area contributed by atoms with Crippen LogP contribution < -0.4 is 5.32 Å². The summed E-state index contributed by atoms with van der Waals surface area (Å²) in [7, 11) is 0. The summed E-state index contributed by atoms with van der Waals surface area (Å²) in [5, 5.41) is 11.9. The molecular weight excluding hydrogens is 298 g/mol. The molecule has 20 heavy (non-hydrogen) atoms. The Balaban J connectivity index is 2.36. The minimum absolute atomic E-state index is 0.0124. The molecule has 1 aromatic carbocycles. The number of rotatable bonds is 7. The van der Waals surface area contributed by atoms with E-state index in [0.717, 1.165) is 17.3 Å². The molecule has 0 saturated carbocycles. The van der Waals surface area contributed by atoms with Gasteiger partial charge in [0.2, 0.25) is 5.91 Å². The Labute approximate surface area is 127 Å². The Kier molecular flexibility index (Phi) is 6.88. The SMILES string of the molecule is CC(C)C(SCC(=O)NCc1ccc(Cl)cc1)C(=O)O. The first kappa shape index (κ1) is 16.9. The van der Waals surface area contributed by atoms with Crippen LogP contribution in [0.5, 0.6) is 0 Å². The van der Waals surface area contributed by atoms with Crippen molar-refractivity contribution in [3.05, 3.63) is 34.9 Å². The van der Waals surface area contributed by atoms with Crippen molar-refractivity contribution in [3.63, 3.8) is 0 Å². The monoisotopic (exact) mass is 315 g/mol. The number of carboxylic acids is 1. The molecule has 1 unspecified atom stereocenters. The minimum atomic E-state index is -0.879. The van der Waals surface area contributed by atoms with Gasteiger partial charge < -0.3 is 10.4 Å². The average molecular weight is 316 g/mol. The molecular formula is C14H18ClNO3S. The smallest absolute Gasteiger partial charge is 0.316 e. The van der Waals surface area contributed by atoms with E-state index < -0.39 is 11.2 Å². The highest BCUT2D eigenvalue weighted by atomic mass is 35.5. The number of aliphatic carboxylic acids is 1. The molecule has 0 aliphatic rings. The van der Waals surface area contributed by atoms with Gasteiger partial charge in [-0.1, -0.05) is 37.6 Å². The van der Waals surface area contributed by atoms with Crippen LogP contribution in [0, 0.1) is 5.92 Å². The van der Waals surface area contributed by atoms with Gasteiger partial charge in [0.25, 0.3) is 0 Å². The zero-order valence-corrected chi connectivity index (χ0v) is 13.0. The van der Waals surface area contributed by atoms with Crippen LogP contribution in [0.25, 0.3) is 0 Å². The molecule has 0 aliphatic carbocycles. The highest BCUT2D eigenvalue weighted by Gasteiger charge is 2.22. The number of amides is 1. The summed E-state index contributed by atoms with van der Waals surface area (Å²) in [6.45, 7) is 4.07. The van der Waals surface area contributed by atoms with Crippen LogP contribution in [-0.2, 0) is 16.1 Å². The first-order chi connectivity index (χ1) is 9.40. The number of hydrogen-bond donors (Lipinski definition) is 2. The molecule has 110 valence electrons. The van der Waals surface area contributed by atoms with Gasteiger partial charge in [0.1, 0.15) is 5.25 Å². The molecule has 0 aromatic heterocycles. The van der Waals surface area contributed by atoms with Crippen molar-refractivity contribution in [2.45, 2.75) is 25.6 Å². The van der Waals surface area contributed by atoms with E-state index in [2.05, 4.69) is 5.32 Å².